The Kier molecular flexibility index (Phi) is 6.63. The van der Waals surface area contributed by atoms with Crippen molar-refractivity contribution in [2.45, 2.75) is 53.9 Å². The van der Waals surface area contributed by atoms with Crippen molar-refractivity contribution in [1.82, 2.24) is 9.97 Å². The van der Waals surface area contributed by atoms with Gasteiger partial charge in [0.2, 0.25) is 5.88 Å². The highest BCUT2D eigenvalue weighted by molar-refractivity contribution is 5.24. The van der Waals surface area contributed by atoms with Gasteiger partial charge >= 0.3 is 0 Å². The van der Waals surface area contributed by atoms with Crippen LogP contribution in [0.3, 0.4) is 0 Å². The standard InChI is InChI=1S/C22H32N2O2/c1-21(2,3)12-18-11-19(16-23-14-18)26-10-9-22(4,5)13-17-7-8-20(25-6)24-15-17/h7-8,11,14-16H,9-10,12-13H2,1-6H3. The molecular weight excluding hydrogens is 324 g/mol. The van der Waals surface area contributed by atoms with Crippen molar-refractivity contribution >= 4 is 0 Å². The molecule has 0 spiro atoms. The van der Waals surface area contributed by atoms with Crippen LogP contribution in [-0.4, -0.2) is 23.7 Å². The van der Waals surface area contributed by atoms with Crippen LogP contribution >= 0.6 is 0 Å². The van der Waals surface area contributed by atoms with Crippen LogP contribution in [0.5, 0.6) is 11.6 Å². The molecule has 2 aromatic heterocycles. The van der Waals surface area contributed by atoms with Gasteiger partial charge in [0.05, 0.1) is 19.9 Å². The number of rotatable bonds is 8. The van der Waals surface area contributed by atoms with E-state index in [9.17, 15) is 0 Å². The zero-order chi connectivity index (χ0) is 19.2. The number of pyridine rings is 2. The van der Waals surface area contributed by atoms with Gasteiger partial charge in [0.15, 0.2) is 0 Å². The third kappa shape index (κ3) is 7.03. The monoisotopic (exact) mass is 356 g/mol. The fourth-order valence-corrected chi connectivity index (χ4v) is 2.97. The highest BCUT2D eigenvalue weighted by atomic mass is 16.5. The third-order valence-electron chi connectivity index (χ3n) is 4.24. The average molecular weight is 357 g/mol. The molecule has 142 valence electrons. The smallest absolute Gasteiger partial charge is 0.212 e. The first-order valence-corrected chi connectivity index (χ1v) is 9.23. The highest BCUT2D eigenvalue weighted by Gasteiger charge is 2.19. The summed E-state index contributed by atoms with van der Waals surface area (Å²) in [6.45, 7) is 11.9. The molecule has 0 bridgehead atoms. The van der Waals surface area contributed by atoms with E-state index in [0.29, 0.717) is 12.5 Å². The second kappa shape index (κ2) is 8.52. The fraction of sp³-hybridized carbons (Fsp3) is 0.545. The predicted octanol–water partition coefficient (Wildman–Crippen LogP) is 5.11. The minimum Gasteiger partial charge on any atom is -0.492 e. The summed E-state index contributed by atoms with van der Waals surface area (Å²) in [5.74, 6) is 1.51. The maximum absolute atomic E-state index is 5.97. The van der Waals surface area contributed by atoms with Gasteiger partial charge in [-0.15, -0.1) is 0 Å². The van der Waals surface area contributed by atoms with Crippen molar-refractivity contribution in [2.75, 3.05) is 13.7 Å². The summed E-state index contributed by atoms with van der Waals surface area (Å²) in [6.07, 6.45) is 8.53. The lowest BCUT2D eigenvalue weighted by atomic mass is 9.83. The van der Waals surface area contributed by atoms with Gasteiger partial charge in [-0.3, -0.25) is 4.98 Å². The molecule has 0 amide bonds. The fourth-order valence-electron chi connectivity index (χ4n) is 2.97. The lowest BCUT2D eigenvalue weighted by Gasteiger charge is -2.24. The second-order valence-corrected chi connectivity index (χ2v) is 8.91. The minimum atomic E-state index is 0.132. The SMILES string of the molecule is COc1ccc(CC(C)(C)CCOc2cncc(CC(C)(C)C)c2)cn1. The summed E-state index contributed by atoms with van der Waals surface area (Å²) in [7, 11) is 1.63. The van der Waals surface area contributed by atoms with E-state index in [1.807, 2.05) is 18.5 Å². The molecular formula is C22H32N2O2. The van der Waals surface area contributed by atoms with E-state index in [-0.39, 0.29) is 10.8 Å². The number of methoxy groups -OCH3 is 1. The largest absolute Gasteiger partial charge is 0.492 e. The van der Waals surface area contributed by atoms with Gasteiger partial charge in [-0.1, -0.05) is 40.7 Å². The number of hydrogen-bond donors (Lipinski definition) is 0. The van der Waals surface area contributed by atoms with Crippen LogP contribution in [0.15, 0.2) is 36.8 Å². The van der Waals surface area contributed by atoms with Gasteiger partial charge in [-0.25, -0.2) is 4.98 Å². The molecule has 0 radical (unpaired) electrons. The van der Waals surface area contributed by atoms with E-state index in [1.54, 1.807) is 13.3 Å². The summed E-state index contributed by atoms with van der Waals surface area (Å²) in [4.78, 5) is 8.61. The number of hydrogen-bond acceptors (Lipinski definition) is 4. The Morgan fingerprint density at radius 3 is 2.31 bits per heavy atom. The lowest BCUT2D eigenvalue weighted by molar-refractivity contribution is 0.226. The highest BCUT2D eigenvalue weighted by Crippen LogP contribution is 2.27. The van der Waals surface area contributed by atoms with E-state index in [4.69, 9.17) is 9.47 Å². The van der Waals surface area contributed by atoms with Gasteiger partial charge in [-0.05, 0) is 47.3 Å². The molecule has 0 saturated heterocycles. The Bertz CT molecular complexity index is 688. The zero-order valence-electron chi connectivity index (χ0n) is 17.0. The van der Waals surface area contributed by atoms with Gasteiger partial charge in [0, 0.05) is 18.5 Å². The first-order chi connectivity index (χ1) is 12.2. The van der Waals surface area contributed by atoms with Crippen LogP contribution in [0.4, 0.5) is 0 Å². The average Bonchev–Trinajstić information content (AvgIpc) is 2.54. The van der Waals surface area contributed by atoms with Crippen LogP contribution < -0.4 is 9.47 Å². The Hall–Kier alpha value is -2.10. The molecule has 0 N–H and O–H groups in total. The molecule has 2 rings (SSSR count). The van der Waals surface area contributed by atoms with Gasteiger partial charge < -0.3 is 9.47 Å². The number of nitrogens with zero attached hydrogens (tertiary/aromatic N) is 2. The maximum atomic E-state index is 5.97. The molecule has 0 saturated carbocycles. The van der Waals surface area contributed by atoms with Crippen molar-refractivity contribution in [3.05, 3.63) is 47.9 Å². The van der Waals surface area contributed by atoms with Gasteiger partial charge in [0.1, 0.15) is 5.75 Å². The Labute approximate surface area is 158 Å². The normalized spacial score (nSPS) is 12.1. The molecule has 26 heavy (non-hydrogen) atoms. The topological polar surface area (TPSA) is 44.2 Å². The first kappa shape index (κ1) is 20.2. The molecule has 4 heteroatoms. The van der Waals surface area contributed by atoms with Crippen molar-refractivity contribution in [2.24, 2.45) is 10.8 Å². The molecule has 0 aromatic carbocycles. The van der Waals surface area contributed by atoms with Gasteiger partial charge in [0.25, 0.3) is 0 Å². The number of aromatic nitrogens is 2. The van der Waals surface area contributed by atoms with Crippen molar-refractivity contribution in [1.29, 1.82) is 0 Å². The van der Waals surface area contributed by atoms with Crippen LogP contribution in [0.2, 0.25) is 0 Å². The van der Waals surface area contributed by atoms with E-state index >= 15 is 0 Å². The molecule has 0 aliphatic carbocycles. The third-order valence-corrected chi connectivity index (χ3v) is 4.24. The summed E-state index contributed by atoms with van der Waals surface area (Å²) >= 11 is 0. The van der Waals surface area contributed by atoms with Crippen LogP contribution in [-0.2, 0) is 12.8 Å². The molecule has 0 aliphatic heterocycles. The van der Waals surface area contributed by atoms with Crippen LogP contribution in [0.1, 0.15) is 52.2 Å². The van der Waals surface area contributed by atoms with E-state index < -0.39 is 0 Å². The van der Waals surface area contributed by atoms with Crippen molar-refractivity contribution < 1.29 is 9.47 Å². The summed E-state index contributed by atoms with van der Waals surface area (Å²) < 4.78 is 11.1. The Balaban J connectivity index is 1.86. The summed E-state index contributed by atoms with van der Waals surface area (Å²) in [5, 5.41) is 0. The van der Waals surface area contributed by atoms with E-state index in [0.717, 1.165) is 25.0 Å². The number of ether oxygens (including phenoxy) is 2. The van der Waals surface area contributed by atoms with Crippen molar-refractivity contribution in [3.8, 4) is 11.6 Å². The van der Waals surface area contributed by atoms with E-state index in [1.165, 1.54) is 11.1 Å². The van der Waals surface area contributed by atoms with Gasteiger partial charge in [-0.2, -0.15) is 0 Å². The molecule has 0 aliphatic rings. The lowest BCUT2D eigenvalue weighted by Crippen LogP contribution is -2.19. The molecule has 0 fully saturated rings. The summed E-state index contributed by atoms with van der Waals surface area (Å²) in [6, 6.07) is 6.10. The minimum absolute atomic E-state index is 0.132. The molecule has 0 atom stereocenters. The zero-order valence-corrected chi connectivity index (χ0v) is 17.0. The van der Waals surface area contributed by atoms with Crippen molar-refractivity contribution in [3.63, 3.8) is 0 Å². The molecule has 2 heterocycles. The Morgan fingerprint density at radius 1 is 0.923 bits per heavy atom. The summed E-state index contributed by atoms with van der Waals surface area (Å²) in [5.41, 5.74) is 2.81. The molecule has 4 nitrogen and oxygen atoms in total. The first-order valence-electron chi connectivity index (χ1n) is 9.23. The predicted molar refractivity (Wildman–Crippen MR) is 106 cm³/mol. The maximum Gasteiger partial charge on any atom is 0.212 e. The van der Waals surface area contributed by atoms with E-state index in [2.05, 4.69) is 56.7 Å². The molecule has 0 unspecified atom stereocenters. The quantitative estimate of drug-likeness (QED) is 0.659. The van der Waals surface area contributed by atoms with Crippen LogP contribution in [0.25, 0.3) is 0 Å². The Morgan fingerprint density at radius 2 is 1.69 bits per heavy atom. The molecule has 2 aromatic rings. The van der Waals surface area contributed by atoms with Crippen LogP contribution in [0, 0.1) is 10.8 Å². The second-order valence-electron chi connectivity index (χ2n) is 8.91.